The summed E-state index contributed by atoms with van der Waals surface area (Å²) in [5.41, 5.74) is 0.236. The number of amides is 1. The summed E-state index contributed by atoms with van der Waals surface area (Å²) in [6.45, 7) is 5.69. The van der Waals surface area contributed by atoms with E-state index in [-0.39, 0.29) is 23.7 Å². The second kappa shape index (κ2) is 9.79. The molecule has 2 aromatic rings. The molecule has 1 amide bonds. The second-order valence-electron chi connectivity index (χ2n) is 7.27. The summed E-state index contributed by atoms with van der Waals surface area (Å²) >= 11 is 0. The average molecular weight is 377 g/mol. The Morgan fingerprint density at radius 3 is 2.69 bits per heavy atom. The van der Waals surface area contributed by atoms with Crippen LogP contribution in [0.4, 0.5) is 0 Å². The van der Waals surface area contributed by atoms with Gasteiger partial charge >= 0.3 is 0 Å². The van der Waals surface area contributed by atoms with Gasteiger partial charge in [0, 0.05) is 18.4 Å². The van der Waals surface area contributed by atoms with Gasteiger partial charge in [-0.1, -0.05) is 43.3 Å². The van der Waals surface area contributed by atoms with Crippen molar-refractivity contribution in [2.24, 2.45) is 5.41 Å². The Morgan fingerprint density at radius 1 is 1.15 bits per heavy atom. The zero-order chi connectivity index (χ0) is 17.5. The van der Waals surface area contributed by atoms with Crippen molar-refractivity contribution in [3.8, 4) is 5.75 Å². The van der Waals surface area contributed by atoms with Crippen molar-refractivity contribution in [3.63, 3.8) is 0 Å². The molecule has 0 bridgehead atoms. The number of fused-ring (bicyclic) bond motifs is 1. The van der Waals surface area contributed by atoms with Crippen LogP contribution in [0, 0.1) is 5.41 Å². The van der Waals surface area contributed by atoms with Gasteiger partial charge in [0.2, 0.25) is 5.91 Å². The highest BCUT2D eigenvalue weighted by Crippen LogP contribution is 2.27. The molecule has 3 rings (SSSR count). The van der Waals surface area contributed by atoms with Gasteiger partial charge in [0.25, 0.3) is 0 Å². The van der Waals surface area contributed by atoms with E-state index < -0.39 is 0 Å². The van der Waals surface area contributed by atoms with Gasteiger partial charge in [-0.15, -0.1) is 12.4 Å². The number of carbonyl (C=O) groups excluding carboxylic acids is 1. The lowest BCUT2D eigenvalue weighted by molar-refractivity contribution is -0.121. The molecule has 4 nitrogen and oxygen atoms in total. The Labute approximate surface area is 162 Å². The minimum atomic E-state index is 0. The SMILES string of the molecule is CC1(CNC(=O)CCCOc2cccc3ccccc23)CCNCC1.Cl. The number of hydrogen-bond acceptors (Lipinski definition) is 3. The maximum Gasteiger partial charge on any atom is 0.220 e. The number of hydrogen-bond donors (Lipinski definition) is 2. The first-order valence-corrected chi connectivity index (χ1v) is 9.24. The van der Waals surface area contributed by atoms with Crippen LogP contribution in [-0.2, 0) is 4.79 Å². The predicted molar refractivity (Wildman–Crippen MR) is 109 cm³/mol. The number of halogens is 1. The van der Waals surface area contributed by atoms with Crippen LogP contribution in [0.2, 0.25) is 0 Å². The van der Waals surface area contributed by atoms with Crippen LogP contribution in [0.1, 0.15) is 32.6 Å². The normalized spacial score (nSPS) is 15.9. The molecule has 0 radical (unpaired) electrons. The van der Waals surface area contributed by atoms with Gasteiger partial charge in [-0.2, -0.15) is 0 Å². The average Bonchev–Trinajstić information content (AvgIpc) is 2.64. The lowest BCUT2D eigenvalue weighted by atomic mass is 9.81. The molecule has 0 atom stereocenters. The Morgan fingerprint density at radius 2 is 1.88 bits per heavy atom. The van der Waals surface area contributed by atoms with E-state index in [1.54, 1.807) is 0 Å². The van der Waals surface area contributed by atoms with E-state index in [1.165, 1.54) is 5.39 Å². The first-order chi connectivity index (χ1) is 12.2. The lowest BCUT2D eigenvalue weighted by Gasteiger charge is -2.34. The first kappa shape index (κ1) is 20.5. The summed E-state index contributed by atoms with van der Waals surface area (Å²) < 4.78 is 5.90. The van der Waals surface area contributed by atoms with E-state index in [0.29, 0.717) is 13.0 Å². The molecule has 0 saturated carbocycles. The highest BCUT2D eigenvalue weighted by Gasteiger charge is 2.26. The topological polar surface area (TPSA) is 50.4 Å². The smallest absolute Gasteiger partial charge is 0.220 e. The molecule has 142 valence electrons. The van der Waals surface area contributed by atoms with Crippen LogP contribution in [0.5, 0.6) is 5.75 Å². The summed E-state index contributed by atoms with van der Waals surface area (Å²) in [6, 6.07) is 14.3. The molecule has 1 aliphatic rings. The third-order valence-electron chi connectivity index (χ3n) is 5.08. The molecule has 0 aliphatic carbocycles. The predicted octanol–water partition coefficient (Wildman–Crippen LogP) is 3.93. The van der Waals surface area contributed by atoms with Crippen LogP contribution in [0.3, 0.4) is 0 Å². The molecule has 0 spiro atoms. The summed E-state index contributed by atoms with van der Waals surface area (Å²) in [5.74, 6) is 1.02. The number of piperidine rings is 1. The maximum absolute atomic E-state index is 12.1. The van der Waals surface area contributed by atoms with Gasteiger partial charge in [0.15, 0.2) is 0 Å². The van der Waals surface area contributed by atoms with Crippen molar-refractivity contribution in [2.75, 3.05) is 26.2 Å². The van der Waals surface area contributed by atoms with Gasteiger partial charge in [0.05, 0.1) is 6.61 Å². The summed E-state index contributed by atoms with van der Waals surface area (Å²) in [6.07, 6.45) is 3.49. The van der Waals surface area contributed by atoms with Crippen molar-refractivity contribution in [2.45, 2.75) is 32.6 Å². The standard InChI is InChI=1S/C21H28N2O2.ClH/c1-21(11-13-22-14-12-21)16-23-20(24)10-5-15-25-19-9-4-7-17-6-2-3-8-18(17)19;/h2-4,6-9,22H,5,10-16H2,1H3,(H,23,24);1H. The molecule has 1 aliphatic heterocycles. The van der Waals surface area contributed by atoms with E-state index in [2.05, 4.69) is 35.8 Å². The van der Waals surface area contributed by atoms with Crippen LogP contribution in [-0.4, -0.2) is 32.1 Å². The summed E-state index contributed by atoms with van der Waals surface area (Å²) in [5, 5.41) is 8.76. The van der Waals surface area contributed by atoms with Crippen LogP contribution in [0.15, 0.2) is 42.5 Å². The highest BCUT2D eigenvalue weighted by molar-refractivity contribution is 5.88. The lowest BCUT2D eigenvalue weighted by Crippen LogP contribution is -2.42. The molecule has 2 aromatic carbocycles. The Kier molecular flexibility index (Phi) is 7.73. The fraction of sp³-hybridized carbons (Fsp3) is 0.476. The molecule has 1 fully saturated rings. The third kappa shape index (κ3) is 5.61. The van der Waals surface area contributed by atoms with E-state index in [4.69, 9.17) is 4.74 Å². The number of nitrogens with one attached hydrogen (secondary N) is 2. The van der Waals surface area contributed by atoms with Gasteiger partial charge in [-0.25, -0.2) is 0 Å². The number of carbonyl (C=O) groups is 1. The van der Waals surface area contributed by atoms with Crippen molar-refractivity contribution in [3.05, 3.63) is 42.5 Å². The third-order valence-corrected chi connectivity index (χ3v) is 5.08. The van der Waals surface area contributed by atoms with Crippen molar-refractivity contribution < 1.29 is 9.53 Å². The number of rotatable bonds is 7. The zero-order valence-corrected chi connectivity index (χ0v) is 16.2. The highest BCUT2D eigenvalue weighted by atomic mass is 35.5. The maximum atomic E-state index is 12.1. The largest absolute Gasteiger partial charge is 0.493 e. The Balaban J connectivity index is 0.00000243. The molecular formula is C21H29ClN2O2. The summed E-state index contributed by atoms with van der Waals surface area (Å²) in [7, 11) is 0. The Bertz CT molecular complexity index is 709. The van der Waals surface area contributed by atoms with E-state index in [9.17, 15) is 4.79 Å². The van der Waals surface area contributed by atoms with Crippen LogP contribution >= 0.6 is 12.4 Å². The summed E-state index contributed by atoms with van der Waals surface area (Å²) in [4.78, 5) is 12.1. The number of benzene rings is 2. The van der Waals surface area contributed by atoms with E-state index in [1.807, 2.05) is 24.3 Å². The molecule has 26 heavy (non-hydrogen) atoms. The number of ether oxygens (including phenoxy) is 1. The van der Waals surface area contributed by atoms with E-state index >= 15 is 0 Å². The molecule has 1 heterocycles. The first-order valence-electron chi connectivity index (χ1n) is 9.24. The molecular weight excluding hydrogens is 348 g/mol. The minimum absolute atomic E-state index is 0. The van der Waals surface area contributed by atoms with Crippen LogP contribution < -0.4 is 15.4 Å². The van der Waals surface area contributed by atoms with Gasteiger partial charge in [-0.3, -0.25) is 4.79 Å². The van der Waals surface area contributed by atoms with Gasteiger partial charge in [0.1, 0.15) is 5.75 Å². The zero-order valence-electron chi connectivity index (χ0n) is 15.4. The van der Waals surface area contributed by atoms with Crippen molar-refractivity contribution in [1.82, 2.24) is 10.6 Å². The quantitative estimate of drug-likeness (QED) is 0.720. The molecule has 2 N–H and O–H groups in total. The fourth-order valence-corrected chi connectivity index (χ4v) is 3.34. The second-order valence-corrected chi connectivity index (χ2v) is 7.27. The molecule has 0 unspecified atom stereocenters. The molecule has 5 heteroatoms. The van der Waals surface area contributed by atoms with Gasteiger partial charge < -0.3 is 15.4 Å². The molecule has 0 aromatic heterocycles. The van der Waals surface area contributed by atoms with Crippen molar-refractivity contribution in [1.29, 1.82) is 0 Å². The van der Waals surface area contributed by atoms with Crippen LogP contribution in [0.25, 0.3) is 10.8 Å². The van der Waals surface area contributed by atoms with Crippen molar-refractivity contribution >= 4 is 29.1 Å². The monoisotopic (exact) mass is 376 g/mol. The van der Waals surface area contributed by atoms with E-state index in [0.717, 1.165) is 50.0 Å². The minimum Gasteiger partial charge on any atom is -0.493 e. The molecule has 1 saturated heterocycles. The fourth-order valence-electron chi connectivity index (χ4n) is 3.34. The van der Waals surface area contributed by atoms with Gasteiger partial charge in [-0.05, 0) is 49.2 Å². The Hall–Kier alpha value is -1.78.